The van der Waals surface area contributed by atoms with E-state index in [1.165, 1.54) is 25.8 Å². The van der Waals surface area contributed by atoms with Crippen LogP contribution in [0.3, 0.4) is 0 Å². The van der Waals surface area contributed by atoms with Gasteiger partial charge in [-0.15, -0.1) is 0 Å². The number of H-pyrrole nitrogens is 4. The third-order valence-corrected chi connectivity index (χ3v) is 18.7. The van der Waals surface area contributed by atoms with Gasteiger partial charge < -0.3 is 117 Å². The number of aromatic nitrogens is 6. The summed E-state index contributed by atoms with van der Waals surface area (Å²) in [6, 6.07) is 21.6. The molecule has 4 aromatic heterocycles. The molecule has 40 heteroatoms. The van der Waals surface area contributed by atoms with Gasteiger partial charge in [0.15, 0.2) is 11.9 Å². The van der Waals surface area contributed by atoms with E-state index in [-0.39, 0.29) is 128 Å². The Labute approximate surface area is 683 Å². The molecule has 8 aromatic rings. The molecular formula is C79H102N26O14. The maximum atomic E-state index is 14.6. The number of carbonyl (C=O) groups is 14. The van der Waals surface area contributed by atoms with Gasteiger partial charge >= 0.3 is 0 Å². The van der Waals surface area contributed by atoms with Gasteiger partial charge in [0.1, 0.15) is 48.3 Å². The normalized spacial score (nSPS) is 12.9. The highest BCUT2D eigenvalue weighted by Gasteiger charge is 2.35. The van der Waals surface area contributed by atoms with Crippen molar-refractivity contribution >= 4 is 116 Å². The first-order valence-corrected chi connectivity index (χ1v) is 38.5. The van der Waals surface area contributed by atoms with Crippen LogP contribution in [0.4, 0.5) is 0 Å². The number of hydrogen-bond acceptors (Lipinski definition) is 18. The van der Waals surface area contributed by atoms with Gasteiger partial charge in [0, 0.05) is 144 Å². The molecule has 0 aliphatic heterocycles. The van der Waals surface area contributed by atoms with Gasteiger partial charge in [-0.2, -0.15) is 0 Å². The van der Waals surface area contributed by atoms with Crippen molar-refractivity contribution in [3.05, 3.63) is 180 Å². The van der Waals surface area contributed by atoms with Crippen LogP contribution in [0.2, 0.25) is 0 Å². The zero-order chi connectivity index (χ0) is 85.6. The maximum Gasteiger partial charge on any atom is 0.243 e. The highest BCUT2D eigenvalue weighted by Crippen LogP contribution is 2.22. The number of guanidine groups is 2. The number of nitrogens with zero attached hydrogens (tertiary/aromatic N) is 2. The Bertz CT molecular complexity index is 4790. The van der Waals surface area contributed by atoms with Crippen LogP contribution in [0.25, 0.3) is 21.8 Å². The molecule has 119 heavy (non-hydrogen) atoms. The van der Waals surface area contributed by atoms with Crippen LogP contribution in [0.1, 0.15) is 85.5 Å². The zero-order valence-electron chi connectivity index (χ0n) is 65.5. The number of para-hydroxylation sites is 2. The Balaban J connectivity index is 0.790. The lowest BCUT2D eigenvalue weighted by atomic mass is 10.0. The van der Waals surface area contributed by atoms with E-state index < -0.39 is 144 Å². The molecular weight excluding hydrogens is 1540 g/mol. The smallest absolute Gasteiger partial charge is 0.243 e. The molecule has 0 saturated carbocycles. The first kappa shape index (κ1) is 90.0. The average molecular weight is 1640 g/mol. The Hall–Kier alpha value is -14.5. The molecule has 0 unspecified atom stereocenters. The number of nitrogens with two attached hydrogens (primary N) is 3. The van der Waals surface area contributed by atoms with Crippen LogP contribution in [-0.4, -0.2) is 219 Å². The highest BCUT2D eigenvalue weighted by atomic mass is 16.2. The van der Waals surface area contributed by atoms with E-state index in [9.17, 15) is 67.1 Å². The van der Waals surface area contributed by atoms with Gasteiger partial charge in [-0.1, -0.05) is 97.1 Å². The van der Waals surface area contributed by atoms with Gasteiger partial charge in [-0.3, -0.25) is 77.9 Å². The summed E-state index contributed by atoms with van der Waals surface area (Å²) in [5, 5.41) is 56.3. The molecule has 0 spiro atoms. The number of benzene rings is 4. The van der Waals surface area contributed by atoms with Crippen LogP contribution in [0.5, 0.6) is 0 Å². The molecule has 0 bridgehead atoms. The SMILES string of the molecule is CC(=O)N[C@@H](Cc1c[nH]cn1)C(=O)N[C@H](Cc1ccccc1)C(=O)N[C@@H](CCCNC(=N)N)C(=O)N[C@@H](Cc1c[nH]c2ccccc12)C(=O)NCCC(=O)NCC(=O)NCCC(=O)NCC(=O)NCCC(=O)N[C@@H](Cc1c[nH]cn1)C(=O)N[C@H](Cc1ccccc1)C(=O)N[C@@H](CCCNC(=N)N)C(=O)N[C@@H](Cc1c[nH]c2ccccc12)C(N)=O. The van der Waals surface area contributed by atoms with E-state index >= 15 is 0 Å². The van der Waals surface area contributed by atoms with Crippen molar-refractivity contribution in [2.75, 3.05) is 45.8 Å². The quantitative estimate of drug-likeness (QED) is 0.01000. The lowest BCUT2D eigenvalue weighted by Crippen LogP contribution is -2.59. The van der Waals surface area contributed by atoms with Gasteiger partial charge in [0.25, 0.3) is 0 Å². The van der Waals surface area contributed by atoms with Crippen LogP contribution in [0, 0.1) is 10.8 Å². The molecule has 8 atom stereocenters. The molecule has 8 rings (SSSR count). The van der Waals surface area contributed by atoms with E-state index in [4.69, 9.17) is 28.0 Å². The number of amides is 14. The number of hydrogen-bond donors (Lipinski definition) is 24. The second kappa shape index (κ2) is 46.8. The topological polar surface area (TPSA) is 634 Å². The molecule has 0 radical (unpaired) electrons. The molecule has 0 saturated heterocycles. The lowest BCUT2D eigenvalue weighted by Gasteiger charge is -2.27. The Morgan fingerprint density at radius 1 is 0.353 bits per heavy atom. The van der Waals surface area contributed by atoms with E-state index in [2.05, 4.69) is 110 Å². The fourth-order valence-corrected chi connectivity index (χ4v) is 12.7. The minimum atomic E-state index is -1.37. The minimum absolute atomic E-state index is 0.0128. The Morgan fingerprint density at radius 3 is 1.13 bits per heavy atom. The van der Waals surface area contributed by atoms with E-state index in [1.807, 2.05) is 42.5 Å². The molecule has 632 valence electrons. The van der Waals surface area contributed by atoms with Crippen LogP contribution in [-0.2, 0) is 106 Å². The van der Waals surface area contributed by atoms with Crippen molar-refractivity contribution in [1.82, 2.24) is 110 Å². The first-order chi connectivity index (χ1) is 57.2. The van der Waals surface area contributed by atoms with Crippen LogP contribution < -0.4 is 97.0 Å². The van der Waals surface area contributed by atoms with E-state index in [0.29, 0.717) is 33.6 Å². The van der Waals surface area contributed by atoms with Crippen molar-refractivity contribution in [2.24, 2.45) is 17.2 Å². The summed E-state index contributed by atoms with van der Waals surface area (Å²) in [7, 11) is 0. The molecule has 14 amide bonds. The fourth-order valence-electron chi connectivity index (χ4n) is 12.7. The van der Waals surface area contributed by atoms with Crippen molar-refractivity contribution in [3.8, 4) is 0 Å². The standard InChI is InChI=1S/C79H102N26O14/c1-46(106)98-63(36-51-40-85-44-96-51)76(118)103-60(32-47-14-4-2-5-15-47)74(116)101-58(23-13-28-91-79(83)84)73(115)105-62(35-50-39-93-56-21-11-9-19-54(50)56)71(113)89-31-25-66(108)95-42-68(110)87-29-24-65(107)94-43-69(111)88-30-26-67(109)99-64(37-52-41-86-45-97-52)77(119)104-61(33-48-16-6-3-7-17-48)75(117)100-57(22-12-27-90-78(81)82)72(114)102-59(70(80)112)34-49-38-92-55-20-10-8-18-53(49)55/h2-11,14-21,38-41,44-45,57-64,92-93H,12-13,22-37,42-43H2,1H3,(H2,80,112)(H,85,96)(H,86,97)(H,87,110)(H,88,111)(H,89,113)(H,94,107)(H,95,108)(H,98,106)(H,99,109)(H,100,117)(H,101,116)(H,102,114)(H,103,118)(H,104,119)(H,105,115)(H4,81,82,90)(H4,83,84,91)/t57-,58-,59-,60+,61+,62-,63-,64-/m0/s1. The highest BCUT2D eigenvalue weighted by molar-refractivity contribution is 5.99. The number of imidazole rings is 2. The number of carbonyl (C=O) groups excluding carboxylic acids is 14. The van der Waals surface area contributed by atoms with Gasteiger partial charge in [-0.25, -0.2) is 9.97 Å². The fraction of sp³-hybridized carbons (Fsp3) is 0.367. The predicted octanol–water partition coefficient (Wildman–Crippen LogP) is -3.49. The summed E-state index contributed by atoms with van der Waals surface area (Å²) < 4.78 is 0. The molecule has 27 N–H and O–H groups in total. The average Bonchev–Trinajstić information content (AvgIpc) is 1.73. The van der Waals surface area contributed by atoms with Crippen LogP contribution in [0.15, 0.2) is 147 Å². The summed E-state index contributed by atoms with van der Waals surface area (Å²) in [6.07, 6.45) is 8.14. The van der Waals surface area contributed by atoms with Gasteiger partial charge in [0.05, 0.1) is 37.1 Å². The van der Waals surface area contributed by atoms with Crippen molar-refractivity contribution in [3.63, 3.8) is 0 Å². The molecule has 0 aliphatic rings. The Kier molecular flexibility index (Phi) is 35.4. The lowest BCUT2D eigenvalue weighted by molar-refractivity contribution is -0.134. The number of primary amides is 1. The molecule has 0 fully saturated rings. The third-order valence-electron chi connectivity index (χ3n) is 18.7. The monoisotopic (exact) mass is 1640 g/mol. The molecule has 0 aliphatic carbocycles. The predicted molar refractivity (Wildman–Crippen MR) is 436 cm³/mol. The molecule has 40 nitrogen and oxygen atoms in total. The summed E-state index contributed by atoms with van der Waals surface area (Å²) >= 11 is 0. The van der Waals surface area contributed by atoms with Gasteiger partial charge in [-0.05, 0) is 60.1 Å². The number of nitrogens with one attached hydrogen (secondary N) is 21. The Morgan fingerprint density at radius 2 is 0.714 bits per heavy atom. The summed E-state index contributed by atoms with van der Waals surface area (Å²) in [5.74, 6) is -10.8. The molecule has 4 aromatic carbocycles. The van der Waals surface area contributed by atoms with Crippen molar-refractivity contribution < 1.29 is 67.1 Å². The minimum Gasteiger partial charge on any atom is -0.370 e. The van der Waals surface area contributed by atoms with Gasteiger partial charge in [0.2, 0.25) is 82.7 Å². The van der Waals surface area contributed by atoms with Crippen molar-refractivity contribution in [1.29, 1.82) is 10.8 Å². The summed E-state index contributed by atoms with van der Waals surface area (Å²) in [4.78, 5) is 211. The van der Waals surface area contributed by atoms with Crippen molar-refractivity contribution in [2.45, 2.75) is 139 Å². The maximum absolute atomic E-state index is 14.6. The molecule has 4 heterocycles. The number of fused-ring (bicyclic) bond motifs is 2. The first-order valence-electron chi connectivity index (χ1n) is 38.5. The van der Waals surface area contributed by atoms with Crippen LogP contribution >= 0.6 is 0 Å². The van der Waals surface area contributed by atoms with E-state index in [0.717, 1.165) is 21.8 Å². The second-order valence-electron chi connectivity index (χ2n) is 27.9. The zero-order valence-corrected chi connectivity index (χ0v) is 65.5. The second-order valence-corrected chi connectivity index (χ2v) is 27.9. The number of rotatable bonds is 49. The largest absolute Gasteiger partial charge is 0.370 e. The summed E-state index contributed by atoms with van der Waals surface area (Å²) in [6.45, 7) is -0.307. The summed E-state index contributed by atoms with van der Waals surface area (Å²) in [5.41, 5.74) is 21.8. The number of aromatic amines is 4. The third kappa shape index (κ3) is 31.0. The van der Waals surface area contributed by atoms with E-state index in [1.54, 1.807) is 85.3 Å².